The number of nitrogens with zero attached hydrogens (tertiary/aromatic N) is 2. The number of aromatic nitrogens is 1. The highest BCUT2D eigenvalue weighted by molar-refractivity contribution is 5.88. The van der Waals surface area contributed by atoms with E-state index in [9.17, 15) is 9.59 Å². The average Bonchev–Trinajstić information content (AvgIpc) is 2.75. The van der Waals surface area contributed by atoms with Crippen molar-refractivity contribution in [3.63, 3.8) is 0 Å². The van der Waals surface area contributed by atoms with E-state index in [4.69, 9.17) is 4.74 Å². The number of para-hydroxylation sites is 1. The molecule has 1 aliphatic rings. The SMILES string of the molecule is COc1ccccc1/C=C/CN1CCNC(=O)C1CC(=O)NCc1ccccn1. The summed E-state index contributed by atoms with van der Waals surface area (Å²) in [5, 5.41) is 5.69. The van der Waals surface area contributed by atoms with Crippen LogP contribution in [0.3, 0.4) is 0 Å². The van der Waals surface area contributed by atoms with E-state index in [1.54, 1.807) is 13.3 Å². The van der Waals surface area contributed by atoms with Gasteiger partial charge in [-0.15, -0.1) is 0 Å². The van der Waals surface area contributed by atoms with Crippen molar-refractivity contribution < 1.29 is 14.3 Å². The molecule has 0 aliphatic carbocycles. The van der Waals surface area contributed by atoms with Crippen LogP contribution in [-0.2, 0) is 16.1 Å². The number of nitrogens with one attached hydrogen (secondary N) is 2. The maximum absolute atomic E-state index is 12.4. The summed E-state index contributed by atoms with van der Waals surface area (Å²) < 4.78 is 5.36. The van der Waals surface area contributed by atoms with Gasteiger partial charge in [-0.2, -0.15) is 0 Å². The molecular formula is C22H26N4O3. The minimum atomic E-state index is -0.491. The van der Waals surface area contributed by atoms with Crippen molar-refractivity contribution in [3.05, 3.63) is 66.0 Å². The predicted molar refractivity (Wildman–Crippen MR) is 111 cm³/mol. The first-order valence-corrected chi connectivity index (χ1v) is 9.65. The number of hydrogen-bond donors (Lipinski definition) is 2. The van der Waals surface area contributed by atoms with Gasteiger partial charge >= 0.3 is 0 Å². The zero-order valence-corrected chi connectivity index (χ0v) is 16.5. The Morgan fingerprint density at radius 1 is 1.31 bits per heavy atom. The summed E-state index contributed by atoms with van der Waals surface area (Å²) in [7, 11) is 1.64. The fraction of sp³-hybridized carbons (Fsp3) is 0.318. The lowest BCUT2D eigenvalue weighted by molar-refractivity contribution is -0.133. The summed E-state index contributed by atoms with van der Waals surface area (Å²) in [4.78, 5) is 30.9. The number of carbonyl (C=O) groups is 2. The molecule has 0 radical (unpaired) electrons. The van der Waals surface area contributed by atoms with Crippen molar-refractivity contribution >= 4 is 17.9 Å². The smallest absolute Gasteiger partial charge is 0.237 e. The molecule has 7 nitrogen and oxygen atoms in total. The van der Waals surface area contributed by atoms with Gasteiger partial charge in [-0.1, -0.05) is 36.4 Å². The lowest BCUT2D eigenvalue weighted by atomic mass is 10.1. The summed E-state index contributed by atoms with van der Waals surface area (Å²) in [5.74, 6) is 0.511. The minimum Gasteiger partial charge on any atom is -0.496 e. The summed E-state index contributed by atoms with van der Waals surface area (Å²) in [6.45, 7) is 2.19. The number of ether oxygens (including phenoxy) is 1. The third-order valence-corrected chi connectivity index (χ3v) is 4.79. The molecule has 1 saturated heterocycles. The van der Waals surface area contributed by atoms with Gasteiger partial charge in [-0.3, -0.25) is 19.5 Å². The molecule has 1 aliphatic heterocycles. The van der Waals surface area contributed by atoms with E-state index in [1.807, 2.05) is 59.5 Å². The van der Waals surface area contributed by atoms with Gasteiger partial charge in [0.2, 0.25) is 11.8 Å². The monoisotopic (exact) mass is 394 g/mol. The van der Waals surface area contributed by atoms with Crippen LogP contribution < -0.4 is 15.4 Å². The van der Waals surface area contributed by atoms with Crippen molar-refractivity contribution in [2.24, 2.45) is 0 Å². The standard InChI is InChI=1S/C22H26N4O3/c1-29-20-10-3-2-7-17(20)8-6-13-26-14-12-24-22(28)19(26)15-21(27)25-16-18-9-4-5-11-23-18/h2-11,19H,12-16H2,1H3,(H,24,28)(H,25,27)/b8-6+. The number of carbonyl (C=O) groups excluding carboxylic acids is 2. The van der Waals surface area contributed by atoms with E-state index in [2.05, 4.69) is 15.6 Å². The lowest BCUT2D eigenvalue weighted by Gasteiger charge is -2.33. The summed E-state index contributed by atoms with van der Waals surface area (Å²) in [6, 6.07) is 12.8. The minimum absolute atomic E-state index is 0.112. The van der Waals surface area contributed by atoms with E-state index in [0.717, 1.165) is 17.0 Å². The Balaban J connectivity index is 1.57. The highest BCUT2D eigenvalue weighted by Gasteiger charge is 2.30. The molecule has 3 rings (SSSR count). The third kappa shape index (κ3) is 5.89. The van der Waals surface area contributed by atoms with E-state index in [-0.39, 0.29) is 18.2 Å². The molecule has 1 fully saturated rings. The second-order valence-electron chi connectivity index (χ2n) is 6.75. The number of methoxy groups -OCH3 is 1. The zero-order valence-electron chi connectivity index (χ0n) is 16.5. The van der Waals surface area contributed by atoms with Gasteiger partial charge in [0.1, 0.15) is 5.75 Å². The van der Waals surface area contributed by atoms with Crippen LogP contribution in [0, 0.1) is 0 Å². The Morgan fingerprint density at radius 3 is 2.93 bits per heavy atom. The van der Waals surface area contributed by atoms with Crippen LogP contribution in [-0.4, -0.2) is 54.5 Å². The van der Waals surface area contributed by atoms with Crippen LogP contribution in [0.4, 0.5) is 0 Å². The highest BCUT2D eigenvalue weighted by atomic mass is 16.5. The molecule has 1 unspecified atom stereocenters. The quantitative estimate of drug-likeness (QED) is 0.711. The van der Waals surface area contributed by atoms with Crippen molar-refractivity contribution in [3.8, 4) is 5.75 Å². The molecule has 0 spiro atoms. The first-order chi connectivity index (χ1) is 14.2. The molecule has 0 bridgehead atoms. The Morgan fingerprint density at radius 2 is 2.14 bits per heavy atom. The van der Waals surface area contributed by atoms with Crippen molar-refractivity contribution in [1.29, 1.82) is 0 Å². The maximum atomic E-state index is 12.4. The van der Waals surface area contributed by atoms with E-state index in [1.165, 1.54) is 0 Å². The molecule has 29 heavy (non-hydrogen) atoms. The van der Waals surface area contributed by atoms with Gasteiger partial charge in [-0.25, -0.2) is 0 Å². The summed E-state index contributed by atoms with van der Waals surface area (Å²) >= 11 is 0. The summed E-state index contributed by atoms with van der Waals surface area (Å²) in [5.41, 5.74) is 1.76. The Hall–Kier alpha value is -3.19. The van der Waals surface area contributed by atoms with Crippen LogP contribution in [0.5, 0.6) is 5.75 Å². The molecular weight excluding hydrogens is 368 g/mol. The number of rotatable bonds is 8. The van der Waals surface area contributed by atoms with Gasteiger partial charge in [0.15, 0.2) is 0 Å². The third-order valence-electron chi connectivity index (χ3n) is 4.79. The molecule has 1 atom stereocenters. The van der Waals surface area contributed by atoms with Crippen molar-refractivity contribution in [1.82, 2.24) is 20.5 Å². The van der Waals surface area contributed by atoms with Crippen molar-refractivity contribution in [2.75, 3.05) is 26.7 Å². The van der Waals surface area contributed by atoms with Crippen LogP contribution in [0.1, 0.15) is 17.7 Å². The molecule has 1 aromatic heterocycles. The van der Waals surface area contributed by atoms with Gasteiger partial charge < -0.3 is 15.4 Å². The first kappa shape index (κ1) is 20.5. The van der Waals surface area contributed by atoms with Gasteiger partial charge in [0, 0.05) is 31.4 Å². The number of amides is 2. The van der Waals surface area contributed by atoms with E-state index < -0.39 is 6.04 Å². The number of pyridine rings is 1. The molecule has 2 heterocycles. The average molecular weight is 394 g/mol. The fourth-order valence-electron chi connectivity index (χ4n) is 3.26. The Labute approximate surface area is 170 Å². The van der Waals surface area contributed by atoms with Crippen molar-refractivity contribution in [2.45, 2.75) is 19.0 Å². The van der Waals surface area contributed by atoms with E-state index in [0.29, 0.717) is 26.2 Å². The molecule has 152 valence electrons. The highest BCUT2D eigenvalue weighted by Crippen LogP contribution is 2.19. The molecule has 0 saturated carbocycles. The molecule has 2 amide bonds. The molecule has 7 heteroatoms. The normalized spacial score (nSPS) is 17.1. The van der Waals surface area contributed by atoms with Crippen LogP contribution in [0.25, 0.3) is 6.08 Å². The topological polar surface area (TPSA) is 83.6 Å². The second-order valence-corrected chi connectivity index (χ2v) is 6.75. The Bertz CT molecular complexity index is 854. The van der Waals surface area contributed by atoms with Crippen LogP contribution in [0.2, 0.25) is 0 Å². The summed E-state index contributed by atoms with van der Waals surface area (Å²) in [6.07, 6.45) is 5.77. The number of piperazine rings is 1. The van der Waals surface area contributed by atoms with E-state index >= 15 is 0 Å². The van der Waals surface area contributed by atoms with Crippen LogP contribution in [0.15, 0.2) is 54.7 Å². The van der Waals surface area contributed by atoms with Gasteiger partial charge in [0.05, 0.1) is 31.8 Å². The van der Waals surface area contributed by atoms with Gasteiger partial charge in [-0.05, 0) is 18.2 Å². The largest absolute Gasteiger partial charge is 0.496 e. The molecule has 1 aromatic carbocycles. The molecule has 2 N–H and O–H groups in total. The maximum Gasteiger partial charge on any atom is 0.237 e. The Kier molecular flexibility index (Phi) is 7.35. The molecule has 2 aromatic rings. The van der Waals surface area contributed by atoms with Gasteiger partial charge in [0.25, 0.3) is 0 Å². The predicted octanol–water partition coefficient (Wildman–Crippen LogP) is 1.61. The zero-order chi connectivity index (χ0) is 20.5. The lowest BCUT2D eigenvalue weighted by Crippen LogP contribution is -2.56. The number of hydrogen-bond acceptors (Lipinski definition) is 5. The second kappa shape index (κ2) is 10.4. The first-order valence-electron chi connectivity index (χ1n) is 9.65. The van der Waals surface area contributed by atoms with Crippen LogP contribution >= 0.6 is 0 Å². The number of benzene rings is 1. The fourth-order valence-corrected chi connectivity index (χ4v) is 3.26.